The van der Waals surface area contributed by atoms with Crippen LogP contribution in [0.25, 0.3) is 0 Å². The molecule has 1 heterocycles. The van der Waals surface area contributed by atoms with Crippen molar-refractivity contribution < 1.29 is 0 Å². The van der Waals surface area contributed by atoms with Crippen LogP contribution in [0.3, 0.4) is 0 Å². The van der Waals surface area contributed by atoms with Crippen molar-refractivity contribution >= 4 is 0 Å². The van der Waals surface area contributed by atoms with Gasteiger partial charge in [0.05, 0.1) is 0 Å². The van der Waals surface area contributed by atoms with Crippen LogP contribution in [0.2, 0.25) is 0 Å². The lowest BCUT2D eigenvalue weighted by atomic mass is 10.0. The number of hydrogen-bond donors (Lipinski definition) is 1. The predicted octanol–water partition coefficient (Wildman–Crippen LogP) is 2.77. The second-order valence-electron chi connectivity index (χ2n) is 6.07. The van der Waals surface area contributed by atoms with Gasteiger partial charge in [-0.3, -0.25) is 4.68 Å². The van der Waals surface area contributed by atoms with E-state index < -0.39 is 0 Å². The normalized spacial score (nSPS) is 13.9. The highest BCUT2D eigenvalue weighted by molar-refractivity contribution is 4.99. The van der Waals surface area contributed by atoms with E-state index in [2.05, 4.69) is 44.2 Å². The summed E-state index contributed by atoms with van der Waals surface area (Å²) in [5.41, 5.74) is 1.57. The Morgan fingerprint density at radius 1 is 1.41 bits per heavy atom. The molecule has 0 fully saturated rings. The number of aryl methyl sites for hydroxylation is 2. The number of nitrogens with one attached hydrogen (secondary N) is 1. The molecule has 3 heteroatoms. The molecule has 0 aliphatic carbocycles. The maximum Gasteiger partial charge on any atom is 0.0492 e. The summed E-state index contributed by atoms with van der Waals surface area (Å²) in [7, 11) is 2.01. The van der Waals surface area contributed by atoms with Crippen molar-refractivity contribution in [3.05, 3.63) is 18.0 Å². The topological polar surface area (TPSA) is 29.9 Å². The molecule has 17 heavy (non-hydrogen) atoms. The molecule has 98 valence electrons. The minimum Gasteiger partial charge on any atom is -0.312 e. The summed E-state index contributed by atoms with van der Waals surface area (Å²) < 4.78 is 1.97. The van der Waals surface area contributed by atoms with Crippen molar-refractivity contribution in [3.8, 4) is 0 Å². The lowest BCUT2D eigenvalue weighted by Gasteiger charge is -2.23. The van der Waals surface area contributed by atoms with Crippen LogP contribution in [0.15, 0.2) is 12.3 Å². The van der Waals surface area contributed by atoms with Gasteiger partial charge < -0.3 is 5.32 Å². The zero-order valence-electron chi connectivity index (χ0n) is 12.0. The fourth-order valence-electron chi connectivity index (χ4n) is 1.86. The van der Waals surface area contributed by atoms with E-state index in [9.17, 15) is 0 Å². The third-order valence-electron chi connectivity index (χ3n) is 3.03. The Labute approximate surface area is 106 Å². The molecule has 0 aliphatic heterocycles. The van der Waals surface area contributed by atoms with Gasteiger partial charge in [0.2, 0.25) is 0 Å². The molecule has 0 aromatic carbocycles. The Kier molecular flexibility index (Phi) is 5.19. The lowest BCUT2D eigenvalue weighted by molar-refractivity contribution is 0.368. The van der Waals surface area contributed by atoms with Gasteiger partial charge in [0.15, 0.2) is 0 Å². The quantitative estimate of drug-likeness (QED) is 0.824. The maximum atomic E-state index is 4.19. The van der Waals surface area contributed by atoms with Crippen LogP contribution in [-0.4, -0.2) is 21.9 Å². The van der Waals surface area contributed by atoms with Crippen LogP contribution < -0.4 is 5.32 Å². The van der Waals surface area contributed by atoms with Crippen molar-refractivity contribution in [2.45, 2.75) is 52.5 Å². The standard InChI is InChI=1S/C14H27N3/c1-12(11-15-14(2,3)4)7-6-8-13-9-10-16-17(13)5/h9-10,12,15H,6-8,11H2,1-5H3. The van der Waals surface area contributed by atoms with Crippen LogP contribution in [0.5, 0.6) is 0 Å². The van der Waals surface area contributed by atoms with Crippen molar-refractivity contribution in [1.29, 1.82) is 0 Å². The minimum atomic E-state index is 0.232. The van der Waals surface area contributed by atoms with Crippen molar-refractivity contribution in [3.63, 3.8) is 0 Å². The van der Waals surface area contributed by atoms with E-state index in [0.717, 1.165) is 18.9 Å². The molecule has 0 spiro atoms. The number of aromatic nitrogens is 2. The third kappa shape index (κ3) is 5.87. The highest BCUT2D eigenvalue weighted by atomic mass is 15.2. The molecule has 1 rings (SSSR count). The fraction of sp³-hybridized carbons (Fsp3) is 0.786. The minimum absolute atomic E-state index is 0.232. The van der Waals surface area contributed by atoms with E-state index in [-0.39, 0.29) is 5.54 Å². The molecule has 0 bridgehead atoms. The molecular weight excluding hydrogens is 210 g/mol. The fourth-order valence-corrected chi connectivity index (χ4v) is 1.86. The Bertz CT molecular complexity index is 322. The monoisotopic (exact) mass is 237 g/mol. The highest BCUT2D eigenvalue weighted by Gasteiger charge is 2.11. The number of hydrogen-bond acceptors (Lipinski definition) is 2. The lowest BCUT2D eigenvalue weighted by Crippen LogP contribution is -2.38. The molecule has 1 aromatic rings. The van der Waals surface area contributed by atoms with E-state index in [0.29, 0.717) is 0 Å². The summed E-state index contributed by atoms with van der Waals surface area (Å²) in [5, 5.41) is 7.75. The highest BCUT2D eigenvalue weighted by Crippen LogP contribution is 2.10. The number of rotatable bonds is 6. The van der Waals surface area contributed by atoms with Gasteiger partial charge in [-0.2, -0.15) is 5.10 Å². The van der Waals surface area contributed by atoms with E-state index >= 15 is 0 Å². The van der Waals surface area contributed by atoms with Crippen LogP contribution in [-0.2, 0) is 13.5 Å². The van der Waals surface area contributed by atoms with Crippen LogP contribution in [0.4, 0.5) is 0 Å². The number of nitrogens with zero attached hydrogens (tertiary/aromatic N) is 2. The molecule has 0 amide bonds. The SMILES string of the molecule is CC(CCCc1ccnn1C)CNC(C)(C)C. The molecule has 1 N–H and O–H groups in total. The van der Waals surface area contributed by atoms with E-state index in [1.165, 1.54) is 18.5 Å². The van der Waals surface area contributed by atoms with Crippen LogP contribution in [0, 0.1) is 5.92 Å². The largest absolute Gasteiger partial charge is 0.312 e. The summed E-state index contributed by atoms with van der Waals surface area (Å²) >= 11 is 0. The van der Waals surface area contributed by atoms with Crippen molar-refractivity contribution in [2.75, 3.05) is 6.54 Å². The van der Waals surface area contributed by atoms with Crippen molar-refractivity contribution in [1.82, 2.24) is 15.1 Å². The second-order valence-corrected chi connectivity index (χ2v) is 6.07. The van der Waals surface area contributed by atoms with Gasteiger partial charge in [-0.15, -0.1) is 0 Å². The van der Waals surface area contributed by atoms with Crippen LogP contribution >= 0.6 is 0 Å². The average molecular weight is 237 g/mol. The van der Waals surface area contributed by atoms with E-state index in [4.69, 9.17) is 0 Å². The predicted molar refractivity (Wildman–Crippen MR) is 73.1 cm³/mol. The van der Waals surface area contributed by atoms with Gasteiger partial charge in [0.25, 0.3) is 0 Å². The molecule has 3 nitrogen and oxygen atoms in total. The molecule has 1 atom stereocenters. The Morgan fingerprint density at radius 3 is 2.65 bits per heavy atom. The van der Waals surface area contributed by atoms with Gasteiger partial charge in [0, 0.05) is 24.5 Å². The van der Waals surface area contributed by atoms with Gasteiger partial charge >= 0.3 is 0 Å². The average Bonchev–Trinajstić information content (AvgIpc) is 2.61. The molecule has 0 saturated carbocycles. The van der Waals surface area contributed by atoms with Crippen LogP contribution in [0.1, 0.15) is 46.2 Å². The van der Waals surface area contributed by atoms with E-state index in [1.54, 1.807) is 0 Å². The summed E-state index contributed by atoms with van der Waals surface area (Å²) in [5.74, 6) is 0.738. The van der Waals surface area contributed by atoms with E-state index in [1.807, 2.05) is 17.9 Å². The first-order chi connectivity index (χ1) is 7.88. The molecule has 0 saturated heterocycles. The maximum absolute atomic E-state index is 4.19. The van der Waals surface area contributed by atoms with Gasteiger partial charge in [-0.1, -0.05) is 6.92 Å². The molecule has 0 radical (unpaired) electrons. The van der Waals surface area contributed by atoms with Gasteiger partial charge in [-0.05, 0) is 58.6 Å². The zero-order chi connectivity index (χ0) is 12.9. The summed E-state index contributed by atoms with van der Waals surface area (Å²) in [6.45, 7) is 10.1. The summed E-state index contributed by atoms with van der Waals surface area (Å²) in [6.07, 6.45) is 5.52. The molecule has 1 unspecified atom stereocenters. The third-order valence-corrected chi connectivity index (χ3v) is 3.03. The smallest absolute Gasteiger partial charge is 0.0492 e. The second kappa shape index (κ2) is 6.20. The summed E-state index contributed by atoms with van der Waals surface area (Å²) in [6, 6.07) is 2.11. The first kappa shape index (κ1) is 14.2. The molecular formula is C14H27N3. The Morgan fingerprint density at radius 2 is 2.12 bits per heavy atom. The van der Waals surface area contributed by atoms with Gasteiger partial charge in [0.1, 0.15) is 0 Å². The molecule has 0 aliphatic rings. The van der Waals surface area contributed by atoms with Gasteiger partial charge in [-0.25, -0.2) is 0 Å². The van der Waals surface area contributed by atoms with Crippen molar-refractivity contribution in [2.24, 2.45) is 13.0 Å². The molecule has 1 aromatic heterocycles. The first-order valence-electron chi connectivity index (χ1n) is 6.60. The zero-order valence-corrected chi connectivity index (χ0v) is 12.0. The summed E-state index contributed by atoms with van der Waals surface area (Å²) in [4.78, 5) is 0. The Balaban J connectivity index is 2.16. The first-order valence-corrected chi connectivity index (χ1v) is 6.60. The Hall–Kier alpha value is -0.830.